The van der Waals surface area contributed by atoms with Crippen molar-refractivity contribution in [1.29, 1.82) is 0 Å². The molecule has 100 valence electrons. The van der Waals surface area contributed by atoms with Crippen LogP contribution in [-0.4, -0.2) is 59.6 Å². The number of carboxylic acid groups (broad SMARTS) is 1. The minimum absolute atomic E-state index is 0.321. The fourth-order valence-electron chi connectivity index (χ4n) is 2.29. The van der Waals surface area contributed by atoms with Gasteiger partial charge in [0.15, 0.2) is 0 Å². The zero-order valence-corrected chi connectivity index (χ0v) is 11.2. The maximum absolute atomic E-state index is 10.3. The fourth-order valence-corrected chi connectivity index (χ4v) is 2.29. The number of hydrogen-bond acceptors (Lipinski definition) is 3. The molecule has 1 heterocycles. The van der Waals surface area contributed by atoms with E-state index in [1.165, 1.54) is 13.1 Å². The highest BCUT2D eigenvalue weighted by atomic mass is 16.4. The van der Waals surface area contributed by atoms with Crippen LogP contribution in [-0.2, 0) is 4.79 Å². The van der Waals surface area contributed by atoms with Gasteiger partial charge in [-0.25, -0.2) is 0 Å². The van der Waals surface area contributed by atoms with Crippen molar-refractivity contribution < 1.29 is 9.90 Å². The summed E-state index contributed by atoms with van der Waals surface area (Å²) in [6.45, 7) is 10.3. The maximum atomic E-state index is 10.3. The summed E-state index contributed by atoms with van der Waals surface area (Å²) < 4.78 is 0. The van der Waals surface area contributed by atoms with Gasteiger partial charge in [-0.15, -0.1) is 0 Å². The van der Waals surface area contributed by atoms with Crippen molar-refractivity contribution in [2.24, 2.45) is 0 Å². The number of hydrogen-bond donors (Lipinski definition) is 1. The van der Waals surface area contributed by atoms with Crippen LogP contribution in [0.15, 0.2) is 0 Å². The van der Waals surface area contributed by atoms with Gasteiger partial charge in [0, 0.05) is 38.6 Å². The van der Waals surface area contributed by atoms with Crippen LogP contribution in [0.3, 0.4) is 0 Å². The first-order valence-electron chi connectivity index (χ1n) is 6.78. The van der Waals surface area contributed by atoms with Crippen LogP contribution in [0, 0.1) is 0 Å². The second-order valence-corrected chi connectivity index (χ2v) is 5.18. The lowest BCUT2D eigenvalue weighted by atomic mass is 10.1. The molecule has 17 heavy (non-hydrogen) atoms. The van der Waals surface area contributed by atoms with Crippen molar-refractivity contribution in [3.8, 4) is 0 Å². The van der Waals surface area contributed by atoms with E-state index in [9.17, 15) is 4.79 Å². The second-order valence-electron chi connectivity index (χ2n) is 5.18. The number of rotatable bonds is 7. The predicted octanol–water partition coefficient (Wildman–Crippen LogP) is 1.66. The van der Waals surface area contributed by atoms with Crippen molar-refractivity contribution in [3.05, 3.63) is 0 Å². The molecule has 4 heteroatoms. The van der Waals surface area contributed by atoms with Crippen LogP contribution in [0.25, 0.3) is 0 Å². The van der Waals surface area contributed by atoms with E-state index in [-0.39, 0.29) is 0 Å². The third-order valence-corrected chi connectivity index (χ3v) is 3.50. The molecule has 0 radical (unpaired) electrons. The number of carbonyl (C=O) groups is 1. The largest absolute Gasteiger partial charge is 0.481 e. The summed E-state index contributed by atoms with van der Waals surface area (Å²) in [5, 5.41) is 8.53. The summed E-state index contributed by atoms with van der Waals surface area (Å²) in [5.41, 5.74) is 0. The Morgan fingerprint density at radius 2 is 1.76 bits per heavy atom. The van der Waals surface area contributed by atoms with Gasteiger partial charge in [0.25, 0.3) is 0 Å². The molecule has 0 aromatic rings. The summed E-state index contributed by atoms with van der Waals surface area (Å²) in [6.07, 6.45) is 3.31. The van der Waals surface area contributed by atoms with E-state index < -0.39 is 5.97 Å². The van der Waals surface area contributed by atoms with Gasteiger partial charge in [-0.1, -0.05) is 6.42 Å². The van der Waals surface area contributed by atoms with Crippen molar-refractivity contribution in [3.63, 3.8) is 0 Å². The molecule has 1 saturated heterocycles. The first kappa shape index (κ1) is 14.5. The molecule has 4 nitrogen and oxygen atoms in total. The third-order valence-electron chi connectivity index (χ3n) is 3.50. The Balaban J connectivity index is 2.01. The zero-order chi connectivity index (χ0) is 12.7. The SMILES string of the molecule is CC(C)N1CCN(CCCCCC(=O)O)CC1. The van der Waals surface area contributed by atoms with Gasteiger partial charge in [-0.2, -0.15) is 0 Å². The van der Waals surface area contributed by atoms with Crippen LogP contribution in [0.1, 0.15) is 39.5 Å². The number of piperazine rings is 1. The quantitative estimate of drug-likeness (QED) is 0.690. The van der Waals surface area contributed by atoms with Gasteiger partial charge in [-0.05, 0) is 33.2 Å². The highest BCUT2D eigenvalue weighted by Crippen LogP contribution is 2.08. The first-order valence-corrected chi connectivity index (χ1v) is 6.78. The molecule has 1 rings (SSSR count). The second kappa shape index (κ2) is 7.67. The smallest absolute Gasteiger partial charge is 0.303 e. The van der Waals surface area contributed by atoms with Crippen LogP contribution >= 0.6 is 0 Å². The minimum atomic E-state index is -0.671. The van der Waals surface area contributed by atoms with Crippen LogP contribution in [0.2, 0.25) is 0 Å². The van der Waals surface area contributed by atoms with E-state index >= 15 is 0 Å². The molecule has 1 N–H and O–H groups in total. The Labute approximate surface area is 105 Å². The van der Waals surface area contributed by atoms with Crippen molar-refractivity contribution in [2.45, 2.75) is 45.6 Å². The zero-order valence-electron chi connectivity index (χ0n) is 11.2. The van der Waals surface area contributed by atoms with Crippen molar-refractivity contribution in [2.75, 3.05) is 32.7 Å². The third kappa shape index (κ3) is 6.03. The first-order chi connectivity index (χ1) is 8.09. The highest BCUT2D eigenvalue weighted by molar-refractivity contribution is 5.66. The van der Waals surface area contributed by atoms with Gasteiger partial charge >= 0.3 is 5.97 Å². The van der Waals surface area contributed by atoms with Crippen LogP contribution in [0.4, 0.5) is 0 Å². The van der Waals surface area contributed by atoms with Crippen molar-refractivity contribution >= 4 is 5.97 Å². The Hall–Kier alpha value is -0.610. The molecule has 1 fully saturated rings. The summed E-state index contributed by atoms with van der Waals surface area (Å²) in [6, 6.07) is 0.660. The lowest BCUT2D eigenvalue weighted by Gasteiger charge is -2.36. The summed E-state index contributed by atoms with van der Waals surface area (Å²) in [5.74, 6) is -0.671. The monoisotopic (exact) mass is 242 g/mol. The Morgan fingerprint density at radius 3 is 2.29 bits per heavy atom. The predicted molar refractivity (Wildman–Crippen MR) is 69.3 cm³/mol. The maximum Gasteiger partial charge on any atom is 0.303 e. The molecule has 1 aliphatic rings. The highest BCUT2D eigenvalue weighted by Gasteiger charge is 2.17. The van der Waals surface area contributed by atoms with Gasteiger partial charge in [0.05, 0.1) is 0 Å². The van der Waals surface area contributed by atoms with E-state index in [4.69, 9.17) is 5.11 Å². The van der Waals surface area contributed by atoms with Crippen LogP contribution < -0.4 is 0 Å². The molecule has 0 aromatic heterocycles. The van der Waals surface area contributed by atoms with E-state index in [0.717, 1.165) is 38.9 Å². The van der Waals surface area contributed by atoms with E-state index in [2.05, 4.69) is 23.6 Å². The molecule has 0 saturated carbocycles. The van der Waals surface area contributed by atoms with E-state index in [0.29, 0.717) is 12.5 Å². The summed E-state index contributed by atoms with van der Waals surface area (Å²) in [7, 11) is 0. The molecule has 0 aliphatic carbocycles. The van der Waals surface area contributed by atoms with Gasteiger partial charge in [0.1, 0.15) is 0 Å². The molecule has 0 spiro atoms. The van der Waals surface area contributed by atoms with Crippen molar-refractivity contribution in [1.82, 2.24) is 9.80 Å². The number of nitrogens with zero attached hydrogens (tertiary/aromatic N) is 2. The molecular weight excluding hydrogens is 216 g/mol. The molecule has 0 bridgehead atoms. The van der Waals surface area contributed by atoms with E-state index in [1.807, 2.05) is 0 Å². The molecule has 0 atom stereocenters. The topological polar surface area (TPSA) is 43.8 Å². The lowest BCUT2D eigenvalue weighted by Crippen LogP contribution is -2.48. The minimum Gasteiger partial charge on any atom is -0.481 e. The molecular formula is C13H26N2O2. The average molecular weight is 242 g/mol. The Morgan fingerprint density at radius 1 is 1.12 bits per heavy atom. The van der Waals surface area contributed by atoms with E-state index in [1.54, 1.807) is 0 Å². The standard InChI is InChI=1S/C13H26N2O2/c1-12(2)15-10-8-14(9-11-15)7-5-3-4-6-13(16)17/h12H,3-11H2,1-2H3,(H,16,17). The normalized spacial score (nSPS) is 18.8. The summed E-state index contributed by atoms with van der Waals surface area (Å²) >= 11 is 0. The van der Waals surface area contributed by atoms with Gasteiger partial charge in [-0.3, -0.25) is 9.69 Å². The van der Waals surface area contributed by atoms with Gasteiger partial charge in [0.2, 0.25) is 0 Å². The molecule has 0 amide bonds. The number of unbranched alkanes of at least 4 members (excludes halogenated alkanes) is 2. The Bertz CT molecular complexity index is 223. The fraction of sp³-hybridized carbons (Fsp3) is 0.923. The molecule has 0 aromatic carbocycles. The number of aliphatic carboxylic acids is 1. The lowest BCUT2D eigenvalue weighted by molar-refractivity contribution is -0.137. The Kier molecular flexibility index (Phi) is 6.52. The molecule has 0 unspecified atom stereocenters. The van der Waals surface area contributed by atoms with Gasteiger partial charge < -0.3 is 10.0 Å². The molecule has 1 aliphatic heterocycles. The number of carboxylic acids is 1. The summed E-state index contributed by atoms with van der Waals surface area (Å²) in [4.78, 5) is 15.4. The van der Waals surface area contributed by atoms with Crippen LogP contribution in [0.5, 0.6) is 0 Å². The average Bonchev–Trinajstić information content (AvgIpc) is 2.29.